The number of rotatable bonds is 7. The van der Waals surface area contributed by atoms with Crippen molar-refractivity contribution in [3.8, 4) is 11.5 Å². The smallest absolute Gasteiger partial charge is 0.276 e. The Labute approximate surface area is 161 Å². The molecule has 1 aromatic heterocycles. The second-order valence-electron chi connectivity index (χ2n) is 5.77. The summed E-state index contributed by atoms with van der Waals surface area (Å²) in [5, 5.41) is 13.6. The Morgan fingerprint density at radius 1 is 1.04 bits per heavy atom. The van der Waals surface area contributed by atoms with Crippen molar-refractivity contribution in [3.05, 3.63) is 71.7 Å². The van der Waals surface area contributed by atoms with Crippen molar-refractivity contribution in [1.82, 2.24) is 10.2 Å². The number of anilines is 2. The third kappa shape index (κ3) is 4.53. The fourth-order valence-corrected chi connectivity index (χ4v) is 2.47. The van der Waals surface area contributed by atoms with Gasteiger partial charge in [-0.1, -0.05) is 18.2 Å². The molecule has 0 saturated carbocycles. The lowest BCUT2D eigenvalue weighted by Gasteiger charge is -2.11. The lowest BCUT2D eigenvalue weighted by atomic mass is 10.2. The molecule has 0 atom stereocenters. The summed E-state index contributed by atoms with van der Waals surface area (Å²) in [5.74, 6) is 0.754. The Bertz CT molecular complexity index is 964. The fraction of sp³-hybridized carbons (Fsp3) is 0.150. The molecule has 0 radical (unpaired) electrons. The van der Waals surface area contributed by atoms with Crippen LogP contribution in [0.5, 0.6) is 11.5 Å². The molecule has 2 N–H and O–H groups in total. The molecule has 1 amide bonds. The highest BCUT2D eigenvalue weighted by atomic mass is 19.1. The van der Waals surface area contributed by atoms with E-state index in [-0.39, 0.29) is 18.1 Å². The Hall–Kier alpha value is -3.68. The highest BCUT2D eigenvalue weighted by Crippen LogP contribution is 2.29. The molecule has 28 heavy (non-hydrogen) atoms. The summed E-state index contributed by atoms with van der Waals surface area (Å²) >= 11 is 0. The van der Waals surface area contributed by atoms with Gasteiger partial charge in [-0.3, -0.25) is 4.79 Å². The van der Waals surface area contributed by atoms with E-state index >= 15 is 0 Å². The van der Waals surface area contributed by atoms with Crippen molar-refractivity contribution < 1.29 is 18.7 Å². The predicted molar refractivity (Wildman–Crippen MR) is 103 cm³/mol. The lowest BCUT2D eigenvalue weighted by molar-refractivity contribution is 0.102. The van der Waals surface area contributed by atoms with Crippen molar-refractivity contribution in [3.63, 3.8) is 0 Å². The van der Waals surface area contributed by atoms with Crippen molar-refractivity contribution in [2.45, 2.75) is 6.54 Å². The molecule has 7 nitrogen and oxygen atoms in total. The van der Waals surface area contributed by atoms with E-state index in [2.05, 4.69) is 20.8 Å². The highest BCUT2D eigenvalue weighted by Gasteiger charge is 2.13. The topological polar surface area (TPSA) is 85.4 Å². The van der Waals surface area contributed by atoms with E-state index in [1.54, 1.807) is 42.5 Å². The zero-order chi connectivity index (χ0) is 19.9. The monoisotopic (exact) mass is 382 g/mol. The Balaban J connectivity index is 1.66. The van der Waals surface area contributed by atoms with E-state index in [0.717, 1.165) is 0 Å². The van der Waals surface area contributed by atoms with Gasteiger partial charge in [-0.2, -0.15) is 0 Å². The lowest BCUT2D eigenvalue weighted by Crippen LogP contribution is -2.15. The molecule has 144 valence electrons. The van der Waals surface area contributed by atoms with E-state index in [4.69, 9.17) is 9.47 Å². The molecule has 0 unspecified atom stereocenters. The zero-order valence-corrected chi connectivity index (χ0v) is 15.4. The molecule has 0 aliphatic carbocycles. The van der Waals surface area contributed by atoms with Gasteiger partial charge in [0.2, 0.25) is 0 Å². The third-order valence-electron chi connectivity index (χ3n) is 3.97. The molecule has 3 rings (SSSR count). The van der Waals surface area contributed by atoms with Gasteiger partial charge in [-0.25, -0.2) is 4.39 Å². The molecule has 1 heterocycles. The van der Waals surface area contributed by atoms with Gasteiger partial charge < -0.3 is 20.1 Å². The van der Waals surface area contributed by atoms with Crippen molar-refractivity contribution in [1.29, 1.82) is 0 Å². The summed E-state index contributed by atoms with van der Waals surface area (Å²) in [6.07, 6.45) is 0. The number of benzene rings is 2. The van der Waals surface area contributed by atoms with Gasteiger partial charge in [0.25, 0.3) is 5.91 Å². The van der Waals surface area contributed by atoms with Gasteiger partial charge in [0.1, 0.15) is 23.1 Å². The molecular weight excluding hydrogens is 363 g/mol. The van der Waals surface area contributed by atoms with Crippen LogP contribution in [0.1, 0.15) is 16.1 Å². The standard InChI is InChI=1S/C20H19FN4O3/c1-27-14-7-9-18(28-2)17(11-14)23-20(26)16-8-10-19(25-24-16)22-12-13-5-3-4-6-15(13)21/h3-11H,12H2,1-2H3,(H,22,25)(H,23,26). The van der Waals surface area contributed by atoms with Crippen LogP contribution in [0.25, 0.3) is 0 Å². The third-order valence-corrected chi connectivity index (χ3v) is 3.97. The van der Waals surface area contributed by atoms with Crippen LogP contribution >= 0.6 is 0 Å². The number of nitrogens with one attached hydrogen (secondary N) is 2. The number of amides is 1. The molecule has 0 bridgehead atoms. The van der Waals surface area contributed by atoms with Gasteiger partial charge in [0, 0.05) is 18.2 Å². The number of ether oxygens (including phenoxy) is 2. The first-order chi connectivity index (χ1) is 13.6. The van der Waals surface area contributed by atoms with Crippen molar-refractivity contribution in [2.24, 2.45) is 0 Å². The molecule has 0 aliphatic heterocycles. The quantitative estimate of drug-likeness (QED) is 0.651. The van der Waals surface area contributed by atoms with E-state index in [9.17, 15) is 9.18 Å². The summed E-state index contributed by atoms with van der Waals surface area (Å²) in [4.78, 5) is 12.4. The first-order valence-corrected chi connectivity index (χ1v) is 8.45. The summed E-state index contributed by atoms with van der Waals surface area (Å²) in [6, 6.07) is 14.6. The van der Waals surface area contributed by atoms with Gasteiger partial charge >= 0.3 is 0 Å². The van der Waals surface area contributed by atoms with Gasteiger partial charge in [0.15, 0.2) is 5.69 Å². The summed E-state index contributed by atoms with van der Waals surface area (Å²) in [7, 11) is 3.04. The number of aromatic nitrogens is 2. The molecule has 0 saturated heterocycles. The number of hydrogen-bond acceptors (Lipinski definition) is 6. The summed E-state index contributed by atoms with van der Waals surface area (Å²) < 4.78 is 24.0. The van der Waals surface area contributed by atoms with Gasteiger partial charge in [-0.05, 0) is 30.3 Å². The summed E-state index contributed by atoms with van der Waals surface area (Å²) in [6.45, 7) is 0.258. The maximum atomic E-state index is 13.6. The first kappa shape index (κ1) is 19.1. The predicted octanol–water partition coefficient (Wildman–Crippen LogP) is 3.50. The Kier molecular flexibility index (Phi) is 6.01. The fourth-order valence-electron chi connectivity index (χ4n) is 2.47. The molecular formula is C20H19FN4O3. The Morgan fingerprint density at radius 3 is 2.54 bits per heavy atom. The zero-order valence-electron chi connectivity index (χ0n) is 15.4. The van der Waals surface area contributed by atoms with E-state index in [1.165, 1.54) is 26.4 Å². The van der Waals surface area contributed by atoms with Crippen molar-refractivity contribution in [2.75, 3.05) is 24.9 Å². The Morgan fingerprint density at radius 2 is 1.86 bits per heavy atom. The van der Waals surface area contributed by atoms with Crippen LogP contribution in [0.4, 0.5) is 15.9 Å². The average Bonchev–Trinajstić information content (AvgIpc) is 2.73. The maximum Gasteiger partial charge on any atom is 0.276 e. The molecule has 0 fully saturated rings. The summed E-state index contributed by atoms with van der Waals surface area (Å²) in [5.41, 5.74) is 1.09. The van der Waals surface area contributed by atoms with Crippen LogP contribution in [0, 0.1) is 5.82 Å². The van der Waals surface area contributed by atoms with Gasteiger partial charge in [0.05, 0.1) is 19.9 Å². The minimum absolute atomic E-state index is 0.126. The number of hydrogen-bond donors (Lipinski definition) is 2. The molecule has 2 aromatic carbocycles. The SMILES string of the molecule is COc1ccc(OC)c(NC(=O)c2ccc(NCc3ccccc3F)nn2)c1. The van der Waals surface area contributed by atoms with Crippen LogP contribution in [-0.4, -0.2) is 30.3 Å². The normalized spacial score (nSPS) is 10.2. The molecule has 3 aromatic rings. The number of carbonyl (C=O) groups is 1. The van der Waals surface area contributed by atoms with Crippen molar-refractivity contribution >= 4 is 17.4 Å². The van der Waals surface area contributed by atoms with E-state index in [1.807, 2.05) is 0 Å². The van der Waals surface area contributed by atoms with Crippen LogP contribution < -0.4 is 20.1 Å². The number of nitrogens with zero attached hydrogens (tertiary/aromatic N) is 2. The number of carbonyl (C=O) groups excluding carboxylic acids is 1. The molecule has 0 spiro atoms. The first-order valence-electron chi connectivity index (χ1n) is 8.45. The molecule has 0 aliphatic rings. The second kappa shape index (κ2) is 8.81. The number of methoxy groups -OCH3 is 2. The maximum absolute atomic E-state index is 13.6. The highest BCUT2D eigenvalue weighted by molar-refractivity contribution is 6.03. The van der Waals surface area contributed by atoms with Crippen LogP contribution in [0.15, 0.2) is 54.6 Å². The van der Waals surface area contributed by atoms with Crippen LogP contribution in [0.3, 0.4) is 0 Å². The molecule has 8 heteroatoms. The average molecular weight is 382 g/mol. The van der Waals surface area contributed by atoms with Crippen LogP contribution in [-0.2, 0) is 6.54 Å². The second-order valence-corrected chi connectivity index (χ2v) is 5.77. The van der Waals surface area contributed by atoms with E-state index < -0.39 is 5.91 Å². The van der Waals surface area contributed by atoms with Crippen LogP contribution in [0.2, 0.25) is 0 Å². The minimum atomic E-state index is -0.445. The largest absolute Gasteiger partial charge is 0.497 e. The van der Waals surface area contributed by atoms with Gasteiger partial charge in [-0.15, -0.1) is 10.2 Å². The number of halogens is 1. The minimum Gasteiger partial charge on any atom is -0.497 e. The van der Waals surface area contributed by atoms with E-state index in [0.29, 0.717) is 28.6 Å².